The predicted octanol–water partition coefficient (Wildman–Crippen LogP) is 5.08. The number of methoxy groups -OCH3 is 1. The van der Waals surface area contributed by atoms with Gasteiger partial charge in [0.2, 0.25) is 0 Å². The molecule has 3 aromatic rings. The first-order valence-corrected chi connectivity index (χ1v) is 7.67. The number of ether oxygens (including phenoxy) is 1. The number of thioether (sulfide) groups is 1. The van der Waals surface area contributed by atoms with E-state index in [4.69, 9.17) is 9.15 Å². The van der Waals surface area contributed by atoms with Gasteiger partial charge in [-0.3, -0.25) is 0 Å². The summed E-state index contributed by atoms with van der Waals surface area (Å²) in [5.41, 5.74) is -4.94. The van der Waals surface area contributed by atoms with Crippen LogP contribution >= 0.6 is 11.8 Å². The van der Waals surface area contributed by atoms with Gasteiger partial charge in [-0.05, 0) is 30.0 Å². The Morgan fingerprint density at radius 1 is 1.00 bits per heavy atom. The molecule has 1 heterocycles. The lowest BCUT2D eigenvalue weighted by Crippen LogP contribution is -2.06. The average molecular weight is 352 g/mol. The monoisotopic (exact) mass is 352 g/mol. The third kappa shape index (κ3) is 3.12. The van der Waals surface area contributed by atoms with Crippen LogP contribution in [0.1, 0.15) is 0 Å². The molecule has 0 amide bonds. The minimum absolute atomic E-state index is 0.0999. The van der Waals surface area contributed by atoms with Crippen molar-refractivity contribution in [1.82, 2.24) is 0 Å². The summed E-state index contributed by atoms with van der Waals surface area (Å²) in [7, 11) is 1.40. The summed E-state index contributed by atoms with van der Waals surface area (Å²) < 4.78 is 49.6. The van der Waals surface area contributed by atoms with E-state index in [0.29, 0.717) is 5.75 Å². The summed E-state index contributed by atoms with van der Waals surface area (Å²) in [6.45, 7) is 0. The molecule has 7 heteroatoms. The van der Waals surface area contributed by atoms with E-state index in [1.807, 2.05) is 0 Å². The number of rotatable bonds is 3. The SMILES string of the molecule is COc1ccccc1-c1oc(=O)c2ccccc2c1SC(F)(F)F. The zero-order chi connectivity index (χ0) is 17.3. The summed E-state index contributed by atoms with van der Waals surface area (Å²) in [6.07, 6.45) is 0. The van der Waals surface area contributed by atoms with Gasteiger partial charge < -0.3 is 9.15 Å². The topological polar surface area (TPSA) is 39.4 Å². The van der Waals surface area contributed by atoms with Gasteiger partial charge in [0.1, 0.15) is 5.75 Å². The Kier molecular flexibility index (Phi) is 4.28. The average Bonchev–Trinajstić information content (AvgIpc) is 2.56. The first kappa shape index (κ1) is 16.4. The molecule has 0 aliphatic heterocycles. The second kappa shape index (κ2) is 6.24. The molecule has 0 aliphatic rings. The normalized spacial score (nSPS) is 11.7. The minimum atomic E-state index is -4.53. The second-order valence-corrected chi connectivity index (χ2v) is 5.92. The molecule has 24 heavy (non-hydrogen) atoms. The van der Waals surface area contributed by atoms with Crippen LogP contribution in [0.15, 0.2) is 62.6 Å². The van der Waals surface area contributed by atoms with Gasteiger partial charge in [-0.2, -0.15) is 13.2 Å². The van der Waals surface area contributed by atoms with Crippen molar-refractivity contribution in [3.8, 4) is 17.1 Å². The highest BCUT2D eigenvalue weighted by Crippen LogP contribution is 2.46. The molecular weight excluding hydrogens is 341 g/mol. The molecule has 0 atom stereocenters. The highest BCUT2D eigenvalue weighted by atomic mass is 32.2. The first-order chi connectivity index (χ1) is 11.4. The second-order valence-electron chi connectivity index (χ2n) is 4.84. The van der Waals surface area contributed by atoms with Crippen LogP contribution in [0.5, 0.6) is 5.75 Å². The molecule has 3 nitrogen and oxygen atoms in total. The van der Waals surface area contributed by atoms with Gasteiger partial charge in [0, 0.05) is 5.39 Å². The Balaban J connectivity index is 2.38. The lowest BCUT2D eigenvalue weighted by molar-refractivity contribution is -0.0328. The van der Waals surface area contributed by atoms with Crippen molar-refractivity contribution in [3.63, 3.8) is 0 Å². The van der Waals surface area contributed by atoms with E-state index in [9.17, 15) is 18.0 Å². The van der Waals surface area contributed by atoms with E-state index in [-0.39, 0.29) is 38.8 Å². The number of hydrogen-bond acceptors (Lipinski definition) is 4. The van der Waals surface area contributed by atoms with Crippen molar-refractivity contribution in [1.29, 1.82) is 0 Å². The fourth-order valence-corrected chi connectivity index (χ4v) is 3.17. The van der Waals surface area contributed by atoms with Gasteiger partial charge in [-0.1, -0.05) is 30.3 Å². The number of alkyl halides is 3. The molecule has 0 saturated carbocycles. The number of halogens is 3. The molecule has 0 fully saturated rings. The van der Waals surface area contributed by atoms with Crippen LogP contribution in [0.4, 0.5) is 13.2 Å². The number of fused-ring (bicyclic) bond motifs is 1. The largest absolute Gasteiger partial charge is 0.496 e. The maximum atomic E-state index is 13.1. The van der Waals surface area contributed by atoms with Gasteiger partial charge in [0.15, 0.2) is 5.76 Å². The van der Waals surface area contributed by atoms with E-state index in [2.05, 4.69) is 0 Å². The van der Waals surface area contributed by atoms with Crippen molar-refractivity contribution in [2.45, 2.75) is 10.4 Å². The molecule has 0 spiro atoms. The highest BCUT2D eigenvalue weighted by Gasteiger charge is 2.33. The molecule has 0 radical (unpaired) electrons. The first-order valence-electron chi connectivity index (χ1n) is 6.85. The number of hydrogen-bond donors (Lipinski definition) is 0. The quantitative estimate of drug-likeness (QED) is 0.616. The van der Waals surface area contributed by atoms with Crippen LogP contribution in [-0.2, 0) is 0 Å². The van der Waals surface area contributed by atoms with Crippen LogP contribution in [0.3, 0.4) is 0 Å². The molecular formula is C17H11F3O3S. The Hall–Kier alpha value is -2.41. The van der Waals surface area contributed by atoms with Crippen LogP contribution in [0.2, 0.25) is 0 Å². The van der Waals surface area contributed by atoms with E-state index >= 15 is 0 Å². The maximum Gasteiger partial charge on any atom is 0.446 e. The van der Waals surface area contributed by atoms with Crippen molar-refractivity contribution < 1.29 is 22.3 Å². The lowest BCUT2D eigenvalue weighted by atomic mass is 10.1. The smallest absolute Gasteiger partial charge is 0.446 e. The minimum Gasteiger partial charge on any atom is -0.496 e. The number of para-hydroxylation sites is 1. The fourth-order valence-electron chi connectivity index (χ4n) is 2.40. The summed E-state index contributed by atoms with van der Waals surface area (Å²) in [6, 6.07) is 12.5. The van der Waals surface area contributed by atoms with Gasteiger partial charge in [-0.25, -0.2) is 4.79 Å². The third-order valence-corrected chi connectivity index (χ3v) is 4.20. The molecule has 124 valence electrons. The van der Waals surface area contributed by atoms with E-state index in [0.717, 1.165) is 0 Å². The zero-order valence-corrected chi connectivity index (χ0v) is 13.2. The molecule has 2 aromatic carbocycles. The van der Waals surface area contributed by atoms with Crippen LogP contribution in [-0.4, -0.2) is 12.6 Å². The van der Waals surface area contributed by atoms with Crippen LogP contribution in [0.25, 0.3) is 22.1 Å². The molecule has 0 saturated heterocycles. The van der Waals surface area contributed by atoms with E-state index in [1.165, 1.54) is 19.2 Å². The Morgan fingerprint density at radius 2 is 1.62 bits per heavy atom. The molecule has 0 unspecified atom stereocenters. The lowest BCUT2D eigenvalue weighted by Gasteiger charge is -2.14. The number of benzene rings is 2. The molecule has 0 bridgehead atoms. The van der Waals surface area contributed by atoms with Crippen LogP contribution < -0.4 is 10.4 Å². The zero-order valence-electron chi connectivity index (χ0n) is 12.4. The van der Waals surface area contributed by atoms with E-state index in [1.54, 1.807) is 36.4 Å². The standard InChI is InChI=1S/C17H11F3O3S/c1-22-13-9-5-4-8-12(13)14-15(24-17(18,19)20)10-6-2-3-7-11(10)16(21)23-14/h2-9H,1H3. The summed E-state index contributed by atoms with van der Waals surface area (Å²) in [5.74, 6) is 0.165. The third-order valence-electron chi connectivity index (χ3n) is 3.36. The van der Waals surface area contributed by atoms with Crippen molar-refractivity contribution in [2.75, 3.05) is 7.11 Å². The summed E-state index contributed by atoms with van der Waals surface area (Å²) in [4.78, 5) is 12.0. The molecule has 0 aliphatic carbocycles. The van der Waals surface area contributed by atoms with Crippen molar-refractivity contribution in [2.24, 2.45) is 0 Å². The summed E-state index contributed by atoms with van der Waals surface area (Å²) in [5, 5.41) is 0.292. The molecule has 0 N–H and O–H groups in total. The Morgan fingerprint density at radius 3 is 2.29 bits per heavy atom. The van der Waals surface area contributed by atoms with E-state index < -0.39 is 11.1 Å². The highest BCUT2D eigenvalue weighted by molar-refractivity contribution is 8.00. The maximum absolute atomic E-state index is 13.1. The molecule has 3 rings (SSSR count). The van der Waals surface area contributed by atoms with Crippen LogP contribution in [0, 0.1) is 0 Å². The van der Waals surface area contributed by atoms with Gasteiger partial charge >= 0.3 is 11.1 Å². The van der Waals surface area contributed by atoms with Gasteiger partial charge in [0.05, 0.1) is 23.0 Å². The Labute approximate surface area is 139 Å². The van der Waals surface area contributed by atoms with Crippen molar-refractivity contribution >= 4 is 22.5 Å². The predicted molar refractivity (Wildman–Crippen MR) is 86.4 cm³/mol. The van der Waals surface area contributed by atoms with Gasteiger partial charge in [-0.15, -0.1) is 0 Å². The van der Waals surface area contributed by atoms with Crippen molar-refractivity contribution in [3.05, 3.63) is 59.0 Å². The summed E-state index contributed by atoms with van der Waals surface area (Å²) >= 11 is -0.309. The van der Waals surface area contributed by atoms with Gasteiger partial charge in [0.25, 0.3) is 0 Å². The Bertz CT molecular complexity index is 948. The molecule has 1 aromatic heterocycles. The fraction of sp³-hybridized carbons (Fsp3) is 0.118.